The number of aryl methyl sites for hydroxylation is 2. The normalized spacial score (nSPS) is 10.6. The molecular formula is C40H46N2O6. The Kier molecular flexibility index (Phi) is 13.2. The van der Waals surface area contributed by atoms with E-state index in [-0.39, 0.29) is 23.7 Å². The molecule has 4 aromatic rings. The van der Waals surface area contributed by atoms with Crippen molar-refractivity contribution < 1.29 is 28.7 Å². The number of ether oxygens (including phenoxy) is 2. The molecule has 0 spiro atoms. The first-order chi connectivity index (χ1) is 22.8. The molecule has 0 unspecified atom stereocenters. The van der Waals surface area contributed by atoms with Crippen molar-refractivity contribution in [1.82, 2.24) is 0 Å². The molecule has 0 heterocycles. The monoisotopic (exact) mass is 650 g/mol. The number of amides is 2. The summed E-state index contributed by atoms with van der Waals surface area (Å²) < 4.78 is 9.68. The van der Waals surface area contributed by atoms with Gasteiger partial charge in [0.1, 0.15) is 0 Å². The van der Waals surface area contributed by atoms with Crippen molar-refractivity contribution in [1.29, 1.82) is 0 Å². The number of esters is 2. The van der Waals surface area contributed by atoms with Gasteiger partial charge in [-0.1, -0.05) is 87.4 Å². The number of rotatable bonds is 9. The minimum Gasteiger partial charge on any atom is -0.465 e. The van der Waals surface area contributed by atoms with E-state index in [4.69, 9.17) is 9.47 Å². The van der Waals surface area contributed by atoms with Crippen molar-refractivity contribution in [3.05, 3.63) is 107 Å². The molecule has 0 atom stereocenters. The molecule has 1 N–H and O–H groups in total. The van der Waals surface area contributed by atoms with Crippen molar-refractivity contribution >= 4 is 35.1 Å². The largest absolute Gasteiger partial charge is 0.465 e. The molecule has 8 nitrogen and oxygen atoms in total. The molecule has 8 heteroatoms. The van der Waals surface area contributed by atoms with Crippen molar-refractivity contribution in [2.45, 2.75) is 48.5 Å². The first-order valence-electron chi connectivity index (χ1n) is 16.0. The standard InChI is InChI=1S/C21H25NO3.C19H21NO3/c1-6-22(20(23)14(2)3)19-12-17(11-18(13-19)21(24)25-5)16-9-7-15(4)8-10-16;1-12(2)18(21)20-17-10-15(9-16(11-17)19(22)23-4)14-7-5-13(3)6-8-14/h7-14H,6H2,1-5H3;5-12H,1-4H3,(H,20,21). The maximum atomic E-state index is 12.5. The fourth-order valence-corrected chi connectivity index (χ4v) is 4.83. The topological polar surface area (TPSA) is 102 Å². The van der Waals surface area contributed by atoms with E-state index in [0.717, 1.165) is 27.8 Å². The molecular weight excluding hydrogens is 604 g/mol. The quantitative estimate of drug-likeness (QED) is 0.182. The SMILES string of the molecule is CCN(C(=O)C(C)C)c1cc(C(=O)OC)cc(-c2ccc(C)cc2)c1.COC(=O)c1cc(NC(=O)C(C)C)cc(-c2ccc(C)cc2)c1. The number of methoxy groups -OCH3 is 2. The highest BCUT2D eigenvalue weighted by atomic mass is 16.5. The van der Waals surface area contributed by atoms with E-state index in [2.05, 4.69) is 5.32 Å². The molecule has 252 valence electrons. The number of benzene rings is 4. The maximum Gasteiger partial charge on any atom is 0.337 e. The average Bonchev–Trinajstić information content (AvgIpc) is 3.08. The van der Waals surface area contributed by atoms with Crippen molar-refractivity contribution in [3.8, 4) is 22.3 Å². The molecule has 0 radical (unpaired) electrons. The highest BCUT2D eigenvalue weighted by Gasteiger charge is 2.20. The zero-order valence-electron chi connectivity index (χ0n) is 29.3. The van der Waals surface area contributed by atoms with Crippen LogP contribution in [0.4, 0.5) is 11.4 Å². The number of carbonyl (C=O) groups excluding carboxylic acids is 4. The second-order valence-corrected chi connectivity index (χ2v) is 12.2. The Labute approximate surface area is 284 Å². The number of nitrogens with zero attached hydrogens (tertiary/aromatic N) is 1. The molecule has 0 aliphatic heterocycles. The summed E-state index contributed by atoms with van der Waals surface area (Å²) in [5, 5.41) is 2.84. The van der Waals surface area contributed by atoms with Gasteiger partial charge in [0.05, 0.1) is 25.3 Å². The van der Waals surface area contributed by atoms with Crippen LogP contribution in [-0.4, -0.2) is 44.5 Å². The third-order valence-corrected chi connectivity index (χ3v) is 7.64. The number of hydrogen-bond acceptors (Lipinski definition) is 6. The Morgan fingerprint density at radius 1 is 0.625 bits per heavy atom. The Morgan fingerprint density at radius 2 is 1.08 bits per heavy atom. The molecule has 4 rings (SSSR count). The van der Waals surface area contributed by atoms with Crippen LogP contribution in [0.15, 0.2) is 84.9 Å². The number of hydrogen-bond donors (Lipinski definition) is 1. The van der Waals surface area contributed by atoms with Gasteiger partial charge in [0.25, 0.3) is 0 Å². The molecule has 0 aliphatic carbocycles. The van der Waals surface area contributed by atoms with E-state index in [9.17, 15) is 19.2 Å². The predicted molar refractivity (Wildman–Crippen MR) is 192 cm³/mol. The number of anilines is 2. The summed E-state index contributed by atoms with van der Waals surface area (Å²) in [5.41, 5.74) is 8.16. The molecule has 2 amide bonds. The van der Waals surface area contributed by atoms with Crippen LogP contribution >= 0.6 is 0 Å². The second-order valence-electron chi connectivity index (χ2n) is 12.2. The van der Waals surface area contributed by atoms with E-state index in [0.29, 0.717) is 29.0 Å². The van der Waals surface area contributed by atoms with Crippen molar-refractivity contribution in [3.63, 3.8) is 0 Å². The zero-order valence-corrected chi connectivity index (χ0v) is 29.3. The molecule has 0 fully saturated rings. The van der Waals surface area contributed by atoms with Crippen LogP contribution in [0.3, 0.4) is 0 Å². The zero-order chi connectivity index (χ0) is 35.5. The first-order valence-corrected chi connectivity index (χ1v) is 16.0. The van der Waals surface area contributed by atoms with Crippen molar-refractivity contribution in [2.24, 2.45) is 11.8 Å². The van der Waals surface area contributed by atoms with Gasteiger partial charge in [0.2, 0.25) is 11.8 Å². The van der Waals surface area contributed by atoms with Crippen LogP contribution in [0.2, 0.25) is 0 Å². The Bertz CT molecular complexity index is 1740. The van der Waals surface area contributed by atoms with Crippen molar-refractivity contribution in [2.75, 3.05) is 31.0 Å². The summed E-state index contributed by atoms with van der Waals surface area (Å²) in [7, 11) is 2.70. The number of carbonyl (C=O) groups is 4. The lowest BCUT2D eigenvalue weighted by atomic mass is 10.00. The third-order valence-electron chi connectivity index (χ3n) is 7.64. The van der Waals surface area contributed by atoms with Gasteiger partial charge in [-0.25, -0.2) is 9.59 Å². The molecule has 0 aromatic heterocycles. The summed E-state index contributed by atoms with van der Waals surface area (Å²) in [6, 6.07) is 26.8. The van der Waals surface area contributed by atoms with Crippen LogP contribution in [0.25, 0.3) is 22.3 Å². The van der Waals surface area contributed by atoms with E-state index in [1.54, 1.807) is 29.2 Å². The number of nitrogens with one attached hydrogen (secondary N) is 1. The lowest BCUT2D eigenvalue weighted by molar-refractivity contribution is -0.121. The predicted octanol–water partition coefficient (Wildman–Crippen LogP) is 8.50. The van der Waals surface area contributed by atoms with E-state index in [1.807, 2.05) is 109 Å². The van der Waals surface area contributed by atoms with Gasteiger partial charge in [-0.05, 0) is 79.4 Å². The van der Waals surface area contributed by atoms with Gasteiger partial charge < -0.3 is 19.7 Å². The van der Waals surface area contributed by atoms with Crippen LogP contribution in [0.5, 0.6) is 0 Å². The van der Waals surface area contributed by atoms with Gasteiger partial charge in [0.15, 0.2) is 0 Å². The molecule has 0 saturated carbocycles. The smallest absolute Gasteiger partial charge is 0.337 e. The Hall–Kier alpha value is -5.24. The van der Waals surface area contributed by atoms with Gasteiger partial charge >= 0.3 is 11.9 Å². The minimum absolute atomic E-state index is 0.0272. The fraction of sp³-hybridized carbons (Fsp3) is 0.300. The van der Waals surface area contributed by atoms with E-state index in [1.165, 1.54) is 19.8 Å². The molecule has 0 bridgehead atoms. The molecule has 48 heavy (non-hydrogen) atoms. The molecule has 0 aliphatic rings. The Balaban J connectivity index is 0.000000261. The molecule has 0 saturated heterocycles. The fourth-order valence-electron chi connectivity index (χ4n) is 4.83. The van der Waals surface area contributed by atoms with Gasteiger partial charge in [0, 0.05) is 29.8 Å². The van der Waals surface area contributed by atoms with Gasteiger partial charge in [-0.2, -0.15) is 0 Å². The van der Waals surface area contributed by atoms with E-state index >= 15 is 0 Å². The highest BCUT2D eigenvalue weighted by molar-refractivity contribution is 5.99. The molecule has 4 aromatic carbocycles. The average molecular weight is 651 g/mol. The first kappa shape index (κ1) is 37.2. The minimum atomic E-state index is -0.431. The lowest BCUT2D eigenvalue weighted by Gasteiger charge is -2.24. The van der Waals surface area contributed by atoms with Crippen LogP contribution < -0.4 is 10.2 Å². The van der Waals surface area contributed by atoms with E-state index < -0.39 is 11.9 Å². The Morgan fingerprint density at radius 3 is 1.50 bits per heavy atom. The summed E-state index contributed by atoms with van der Waals surface area (Å²) in [6.07, 6.45) is 0. The third kappa shape index (κ3) is 9.88. The summed E-state index contributed by atoms with van der Waals surface area (Å²) >= 11 is 0. The van der Waals surface area contributed by atoms with Gasteiger partial charge in [-0.3, -0.25) is 9.59 Å². The highest BCUT2D eigenvalue weighted by Crippen LogP contribution is 2.29. The second kappa shape index (κ2) is 17.1. The summed E-state index contributed by atoms with van der Waals surface area (Å²) in [6.45, 7) is 13.9. The van der Waals surface area contributed by atoms with Crippen LogP contribution in [0, 0.1) is 25.7 Å². The van der Waals surface area contributed by atoms with Crippen LogP contribution in [0.1, 0.15) is 66.5 Å². The lowest BCUT2D eigenvalue weighted by Crippen LogP contribution is -2.34. The van der Waals surface area contributed by atoms with Crippen LogP contribution in [-0.2, 0) is 19.1 Å². The summed E-state index contributed by atoms with van der Waals surface area (Å²) in [5.74, 6) is -1.17. The van der Waals surface area contributed by atoms with Gasteiger partial charge in [-0.15, -0.1) is 0 Å². The summed E-state index contributed by atoms with van der Waals surface area (Å²) in [4.78, 5) is 50.1. The maximum absolute atomic E-state index is 12.5.